The largest absolute Gasteiger partial charge is 0.481 e. The number of halogens is 1. The Morgan fingerprint density at radius 1 is 1.39 bits per heavy atom. The molecule has 3 N–H and O–H groups in total. The molecule has 0 spiro atoms. The summed E-state index contributed by atoms with van der Waals surface area (Å²) in [6.45, 7) is 1.50. The van der Waals surface area contributed by atoms with E-state index in [4.69, 9.17) is 10.8 Å². The lowest BCUT2D eigenvalue weighted by atomic mass is 9.92. The lowest BCUT2D eigenvalue weighted by Crippen LogP contribution is -2.31. The fourth-order valence-electron chi connectivity index (χ4n) is 1.60. The lowest BCUT2D eigenvalue weighted by Gasteiger charge is -2.13. The number of carbonyl (C=O) groups is 2. The second kappa shape index (κ2) is 6.26. The smallest absolute Gasteiger partial charge is 0.307 e. The van der Waals surface area contributed by atoms with Gasteiger partial charge in [-0.2, -0.15) is 0 Å². The monoisotopic (exact) mass is 253 g/mol. The minimum Gasteiger partial charge on any atom is -0.481 e. The highest BCUT2D eigenvalue weighted by Gasteiger charge is 2.24. The van der Waals surface area contributed by atoms with Gasteiger partial charge in [-0.15, -0.1) is 0 Å². The second-order valence-electron chi connectivity index (χ2n) is 4.29. The number of Topliss-reactive ketones (excluding diaryl/α,β-unsaturated/α-hetero) is 1. The zero-order valence-corrected chi connectivity index (χ0v) is 10.1. The lowest BCUT2D eigenvalue weighted by molar-refractivity contribution is -0.143. The van der Waals surface area contributed by atoms with Gasteiger partial charge in [-0.1, -0.05) is 18.2 Å². The van der Waals surface area contributed by atoms with Crippen LogP contribution in [-0.4, -0.2) is 22.9 Å². The van der Waals surface area contributed by atoms with Crippen molar-refractivity contribution in [3.8, 4) is 0 Å². The van der Waals surface area contributed by atoms with E-state index < -0.39 is 23.7 Å². The van der Waals surface area contributed by atoms with Crippen LogP contribution in [0.15, 0.2) is 24.3 Å². The molecular formula is C13H16FNO3. The van der Waals surface area contributed by atoms with Gasteiger partial charge in [-0.05, 0) is 25.0 Å². The first kappa shape index (κ1) is 14.3. The van der Waals surface area contributed by atoms with E-state index in [1.807, 2.05) is 0 Å². The van der Waals surface area contributed by atoms with Crippen molar-refractivity contribution < 1.29 is 19.1 Å². The molecule has 98 valence electrons. The number of carboxylic acid groups (broad SMARTS) is 1. The molecule has 0 aliphatic rings. The number of ketones is 1. The van der Waals surface area contributed by atoms with Gasteiger partial charge in [-0.3, -0.25) is 9.59 Å². The fraction of sp³-hybridized carbons (Fsp3) is 0.385. The molecule has 1 aromatic rings. The van der Waals surface area contributed by atoms with Gasteiger partial charge >= 0.3 is 5.97 Å². The summed E-state index contributed by atoms with van der Waals surface area (Å²) in [6, 6.07) is 5.24. The first-order valence-corrected chi connectivity index (χ1v) is 5.66. The number of hydrogen-bond donors (Lipinski definition) is 2. The maximum absolute atomic E-state index is 13.4. The molecule has 1 unspecified atom stereocenters. The first-order chi connectivity index (χ1) is 8.41. The molecule has 0 saturated carbocycles. The Hall–Kier alpha value is -1.75. The van der Waals surface area contributed by atoms with Gasteiger partial charge in [0.15, 0.2) is 0 Å². The SMILES string of the molecule is C[C@@H](N)C(=O)CC(Cc1ccccc1F)C(=O)O. The van der Waals surface area contributed by atoms with Crippen LogP contribution in [0.25, 0.3) is 0 Å². The van der Waals surface area contributed by atoms with Crippen LogP contribution in [0.3, 0.4) is 0 Å². The zero-order chi connectivity index (χ0) is 13.7. The van der Waals surface area contributed by atoms with Crippen molar-refractivity contribution in [1.82, 2.24) is 0 Å². The molecule has 2 atom stereocenters. The molecule has 0 fully saturated rings. The minimum absolute atomic E-state index is 0.0134. The molecule has 1 aromatic carbocycles. The number of benzene rings is 1. The van der Waals surface area contributed by atoms with Crippen LogP contribution < -0.4 is 5.73 Å². The molecule has 5 heteroatoms. The Labute approximate surface area is 105 Å². The standard InChI is InChI=1S/C13H16FNO3/c1-8(15)12(16)7-10(13(17)18)6-9-4-2-3-5-11(9)14/h2-5,8,10H,6-7,15H2,1H3,(H,17,18)/t8-,10?/m1/s1. The number of hydrogen-bond acceptors (Lipinski definition) is 3. The van der Waals surface area contributed by atoms with Crippen molar-refractivity contribution in [3.05, 3.63) is 35.6 Å². The number of nitrogens with two attached hydrogens (primary N) is 1. The molecule has 0 amide bonds. The summed E-state index contributed by atoms with van der Waals surface area (Å²) in [5.74, 6) is -2.86. The molecule has 0 heterocycles. The quantitative estimate of drug-likeness (QED) is 0.802. The topological polar surface area (TPSA) is 80.4 Å². The predicted octanol–water partition coefficient (Wildman–Crippen LogP) is 1.38. The van der Waals surface area contributed by atoms with Crippen LogP contribution in [0.1, 0.15) is 18.9 Å². The molecule has 0 aliphatic heterocycles. The normalized spacial score (nSPS) is 13.9. The first-order valence-electron chi connectivity index (χ1n) is 5.66. The fourth-order valence-corrected chi connectivity index (χ4v) is 1.60. The highest BCUT2D eigenvalue weighted by atomic mass is 19.1. The number of carboxylic acids is 1. The Bertz CT molecular complexity index is 446. The summed E-state index contributed by atoms with van der Waals surface area (Å²) in [5, 5.41) is 9.04. The van der Waals surface area contributed by atoms with Gasteiger partial charge < -0.3 is 10.8 Å². The average molecular weight is 253 g/mol. The van der Waals surface area contributed by atoms with Gasteiger partial charge in [0.2, 0.25) is 0 Å². The molecule has 4 nitrogen and oxygen atoms in total. The number of carbonyl (C=O) groups excluding carboxylic acids is 1. The van der Waals surface area contributed by atoms with Gasteiger partial charge in [0, 0.05) is 6.42 Å². The van der Waals surface area contributed by atoms with Crippen LogP contribution in [0.4, 0.5) is 4.39 Å². The molecule has 1 rings (SSSR count). The van der Waals surface area contributed by atoms with Gasteiger partial charge in [0.05, 0.1) is 12.0 Å². The highest BCUT2D eigenvalue weighted by molar-refractivity contribution is 5.87. The summed E-state index contributed by atoms with van der Waals surface area (Å²) >= 11 is 0. The maximum atomic E-state index is 13.4. The van der Waals surface area contributed by atoms with E-state index in [1.165, 1.54) is 25.1 Å². The van der Waals surface area contributed by atoms with Crippen LogP contribution in [0.2, 0.25) is 0 Å². The molecule has 0 aromatic heterocycles. The zero-order valence-electron chi connectivity index (χ0n) is 10.1. The van der Waals surface area contributed by atoms with Crippen LogP contribution in [0, 0.1) is 11.7 Å². The van der Waals surface area contributed by atoms with Crippen molar-refractivity contribution in [1.29, 1.82) is 0 Å². The molecule has 0 radical (unpaired) electrons. The Kier molecular flexibility index (Phi) is 4.97. The van der Waals surface area contributed by atoms with E-state index in [-0.39, 0.29) is 18.6 Å². The van der Waals surface area contributed by atoms with Crippen molar-refractivity contribution in [2.24, 2.45) is 11.7 Å². The second-order valence-corrected chi connectivity index (χ2v) is 4.29. The van der Waals surface area contributed by atoms with Crippen LogP contribution in [0.5, 0.6) is 0 Å². The molecule has 18 heavy (non-hydrogen) atoms. The highest BCUT2D eigenvalue weighted by Crippen LogP contribution is 2.16. The van der Waals surface area contributed by atoms with Crippen molar-refractivity contribution >= 4 is 11.8 Å². The van der Waals surface area contributed by atoms with E-state index in [0.29, 0.717) is 5.56 Å². The molecule has 0 bridgehead atoms. The number of aliphatic carboxylic acids is 1. The van der Waals surface area contributed by atoms with E-state index in [2.05, 4.69) is 0 Å². The summed E-state index contributed by atoms with van der Waals surface area (Å²) in [6.07, 6.45) is -0.193. The predicted molar refractivity (Wildman–Crippen MR) is 64.5 cm³/mol. The van der Waals surface area contributed by atoms with Crippen molar-refractivity contribution in [2.45, 2.75) is 25.8 Å². The Balaban J connectivity index is 2.79. The Morgan fingerprint density at radius 3 is 2.50 bits per heavy atom. The molecular weight excluding hydrogens is 237 g/mol. The van der Waals surface area contributed by atoms with E-state index in [1.54, 1.807) is 6.07 Å². The van der Waals surface area contributed by atoms with Crippen LogP contribution >= 0.6 is 0 Å². The number of rotatable bonds is 6. The van der Waals surface area contributed by atoms with Crippen molar-refractivity contribution in [3.63, 3.8) is 0 Å². The third-order valence-corrected chi connectivity index (χ3v) is 2.73. The summed E-state index contributed by atoms with van der Waals surface area (Å²) in [5.41, 5.74) is 5.68. The van der Waals surface area contributed by atoms with Gasteiger partial charge in [0.25, 0.3) is 0 Å². The molecule has 0 saturated heterocycles. The van der Waals surface area contributed by atoms with Gasteiger partial charge in [-0.25, -0.2) is 4.39 Å². The van der Waals surface area contributed by atoms with Gasteiger partial charge in [0.1, 0.15) is 11.6 Å². The minimum atomic E-state index is -1.12. The third-order valence-electron chi connectivity index (χ3n) is 2.73. The summed E-state index contributed by atoms with van der Waals surface area (Å²) < 4.78 is 13.4. The summed E-state index contributed by atoms with van der Waals surface area (Å²) in [4.78, 5) is 22.5. The van der Waals surface area contributed by atoms with Crippen molar-refractivity contribution in [2.75, 3.05) is 0 Å². The Morgan fingerprint density at radius 2 is 2.00 bits per heavy atom. The average Bonchev–Trinajstić information content (AvgIpc) is 2.30. The third kappa shape index (κ3) is 3.92. The van der Waals surface area contributed by atoms with E-state index >= 15 is 0 Å². The van der Waals surface area contributed by atoms with Crippen LogP contribution in [-0.2, 0) is 16.0 Å². The van der Waals surface area contributed by atoms with E-state index in [0.717, 1.165) is 0 Å². The molecule has 0 aliphatic carbocycles. The van der Waals surface area contributed by atoms with E-state index in [9.17, 15) is 14.0 Å². The maximum Gasteiger partial charge on any atom is 0.307 e. The summed E-state index contributed by atoms with van der Waals surface area (Å²) in [7, 11) is 0.